The molecule has 0 unspecified atom stereocenters. The molecule has 0 bridgehead atoms. The van der Waals surface area contributed by atoms with Gasteiger partial charge in [0.1, 0.15) is 18.9 Å². The van der Waals surface area contributed by atoms with E-state index in [-0.39, 0.29) is 12.5 Å². The Labute approximate surface area is 146 Å². The maximum atomic E-state index is 12.8. The molecule has 126 valence electrons. The number of fused-ring (bicyclic) bond motifs is 3. The number of para-hydroxylation sites is 2. The number of aryl methyl sites for hydroxylation is 1. The second-order valence-electron chi connectivity index (χ2n) is 6.20. The summed E-state index contributed by atoms with van der Waals surface area (Å²) in [4.78, 5) is 14.5. The fourth-order valence-corrected chi connectivity index (χ4v) is 3.21. The van der Waals surface area contributed by atoms with Crippen LogP contribution in [-0.2, 0) is 17.9 Å². The number of nitrogens with zero attached hydrogens (tertiary/aromatic N) is 3. The van der Waals surface area contributed by atoms with Gasteiger partial charge in [-0.1, -0.05) is 30.3 Å². The van der Waals surface area contributed by atoms with E-state index in [2.05, 4.69) is 5.10 Å². The molecule has 0 saturated carbocycles. The second kappa shape index (κ2) is 6.09. The maximum absolute atomic E-state index is 12.8. The summed E-state index contributed by atoms with van der Waals surface area (Å²) in [5.41, 5.74) is 4.93. The molecule has 0 aliphatic carbocycles. The number of rotatable bonds is 3. The fraction of sp³-hybridized carbons (Fsp3) is 0.200. The lowest BCUT2D eigenvalue weighted by atomic mass is 10.0. The van der Waals surface area contributed by atoms with Crippen molar-refractivity contribution in [1.82, 2.24) is 9.78 Å². The van der Waals surface area contributed by atoms with Gasteiger partial charge in [-0.15, -0.1) is 0 Å². The number of hydrogen-bond acceptors (Lipinski definition) is 3. The van der Waals surface area contributed by atoms with Crippen LogP contribution in [0.3, 0.4) is 0 Å². The Morgan fingerprint density at radius 3 is 2.80 bits per heavy atom. The van der Waals surface area contributed by atoms with Crippen molar-refractivity contribution in [3.63, 3.8) is 0 Å². The summed E-state index contributed by atoms with van der Waals surface area (Å²) < 4.78 is 7.52. The highest BCUT2D eigenvalue weighted by atomic mass is 16.5. The van der Waals surface area contributed by atoms with E-state index < -0.39 is 0 Å². The van der Waals surface area contributed by atoms with Crippen LogP contribution in [0.2, 0.25) is 0 Å². The number of hydrogen-bond donors (Lipinski definition) is 0. The molecule has 25 heavy (non-hydrogen) atoms. The molecule has 0 N–H and O–H groups in total. The highest BCUT2D eigenvalue weighted by molar-refractivity contribution is 5.93. The molecule has 0 fully saturated rings. The Hall–Kier alpha value is -3.08. The van der Waals surface area contributed by atoms with Crippen LogP contribution in [0.25, 0.3) is 11.3 Å². The van der Waals surface area contributed by atoms with Crippen molar-refractivity contribution >= 4 is 11.6 Å². The van der Waals surface area contributed by atoms with Gasteiger partial charge >= 0.3 is 0 Å². The molecular weight excluding hydrogens is 314 g/mol. The van der Waals surface area contributed by atoms with Gasteiger partial charge < -0.3 is 9.64 Å². The first-order valence-corrected chi connectivity index (χ1v) is 8.24. The summed E-state index contributed by atoms with van der Waals surface area (Å²) in [5, 5.41) is 4.42. The van der Waals surface area contributed by atoms with Crippen molar-refractivity contribution in [3.05, 3.63) is 65.9 Å². The minimum Gasteiger partial charge on any atom is -0.488 e. The molecule has 2 heterocycles. The van der Waals surface area contributed by atoms with E-state index in [1.807, 2.05) is 55.5 Å². The molecule has 1 aliphatic heterocycles. The Bertz CT molecular complexity index is 946. The van der Waals surface area contributed by atoms with Crippen LogP contribution in [0.5, 0.6) is 5.75 Å². The first-order chi connectivity index (χ1) is 12.1. The maximum Gasteiger partial charge on any atom is 0.248 e. The SMILES string of the molecule is Cc1ccccc1N(C)C(=O)Cn1ncc2c1-c1ccccc1OC2. The normalized spacial score (nSPS) is 12.1. The molecule has 5 heteroatoms. The molecule has 1 aliphatic rings. The van der Waals surface area contributed by atoms with E-state index in [9.17, 15) is 4.79 Å². The number of anilines is 1. The molecule has 0 saturated heterocycles. The predicted octanol–water partition coefficient (Wildman–Crippen LogP) is 3.41. The molecule has 4 rings (SSSR count). The molecule has 0 atom stereocenters. The number of aromatic nitrogens is 2. The zero-order chi connectivity index (χ0) is 17.4. The molecule has 2 aromatic carbocycles. The van der Waals surface area contributed by atoms with E-state index in [0.29, 0.717) is 6.61 Å². The fourth-order valence-electron chi connectivity index (χ4n) is 3.21. The highest BCUT2D eigenvalue weighted by Crippen LogP contribution is 2.37. The van der Waals surface area contributed by atoms with E-state index in [1.165, 1.54) is 0 Å². The highest BCUT2D eigenvalue weighted by Gasteiger charge is 2.24. The summed E-state index contributed by atoms with van der Waals surface area (Å²) >= 11 is 0. The number of carbonyl (C=O) groups excluding carboxylic acids is 1. The van der Waals surface area contributed by atoms with Crippen molar-refractivity contribution in [1.29, 1.82) is 0 Å². The summed E-state index contributed by atoms with van der Waals surface area (Å²) in [7, 11) is 1.80. The minimum atomic E-state index is -0.0100. The zero-order valence-corrected chi connectivity index (χ0v) is 14.3. The van der Waals surface area contributed by atoms with Crippen LogP contribution in [0, 0.1) is 6.92 Å². The smallest absolute Gasteiger partial charge is 0.248 e. The van der Waals surface area contributed by atoms with E-state index in [4.69, 9.17) is 4.74 Å². The molecule has 3 aromatic rings. The van der Waals surface area contributed by atoms with E-state index in [0.717, 1.165) is 33.8 Å². The van der Waals surface area contributed by atoms with Gasteiger partial charge in [0.25, 0.3) is 0 Å². The third kappa shape index (κ3) is 2.67. The molecule has 5 nitrogen and oxygen atoms in total. The lowest BCUT2D eigenvalue weighted by Gasteiger charge is -2.22. The van der Waals surface area contributed by atoms with Gasteiger partial charge in [0, 0.05) is 23.9 Å². The van der Waals surface area contributed by atoms with E-state index in [1.54, 1.807) is 22.8 Å². The van der Waals surface area contributed by atoms with Crippen molar-refractivity contribution < 1.29 is 9.53 Å². The van der Waals surface area contributed by atoms with Gasteiger partial charge in [-0.25, -0.2) is 0 Å². The van der Waals surface area contributed by atoms with Gasteiger partial charge in [-0.3, -0.25) is 9.48 Å². The minimum absolute atomic E-state index is 0.0100. The summed E-state index contributed by atoms with van der Waals surface area (Å²) in [6, 6.07) is 15.7. The number of benzene rings is 2. The quantitative estimate of drug-likeness (QED) is 0.738. The Kier molecular flexibility index (Phi) is 3.76. The molecule has 1 amide bonds. The number of amides is 1. The summed E-state index contributed by atoms with van der Waals surface area (Å²) in [6.45, 7) is 2.67. The molecule has 0 spiro atoms. The number of likely N-dealkylation sites (N-methyl/N-ethyl adjacent to an activating group) is 1. The first-order valence-electron chi connectivity index (χ1n) is 8.24. The molecular formula is C20H19N3O2. The van der Waals surface area contributed by atoms with Crippen molar-refractivity contribution in [3.8, 4) is 17.0 Å². The van der Waals surface area contributed by atoms with Crippen LogP contribution in [0.1, 0.15) is 11.1 Å². The van der Waals surface area contributed by atoms with Gasteiger partial charge in [0.15, 0.2) is 0 Å². The monoisotopic (exact) mass is 333 g/mol. The van der Waals surface area contributed by atoms with Gasteiger partial charge in [-0.05, 0) is 30.7 Å². The zero-order valence-electron chi connectivity index (χ0n) is 14.3. The third-order valence-electron chi connectivity index (χ3n) is 4.58. The standard InChI is InChI=1S/C20H19N3O2/c1-14-7-3-5-9-17(14)22(2)19(24)12-23-20-15(11-21-23)13-25-18-10-6-4-8-16(18)20/h3-11H,12-13H2,1-2H3. The number of ether oxygens (including phenoxy) is 1. The predicted molar refractivity (Wildman–Crippen MR) is 96.6 cm³/mol. The van der Waals surface area contributed by atoms with E-state index >= 15 is 0 Å². The lowest BCUT2D eigenvalue weighted by Crippen LogP contribution is -2.31. The summed E-state index contributed by atoms with van der Waals surface area (Å²) in [5.74, 6) is 0.820. The number of carbonyl (C=O) groups is 1. The van der Waals surface area contributed by atoms with Gasteiger partial charge in [0.2, 0.25) is 5.91 Å². The molecule has 0 radical (unpaired) electrons. The second-order valence-corrected chi connectivity index (χ2v) is 6.20. The average Bonchev–Trinajstić information content (AvgIpc) is 3.05. The van der Waals surface area contributed by atoms with Crippen LogP contribution in [0.15, 0.2) is 54.7 Å². The Morgan fingerprint density at radius 1 is 1.20 bits per heavy atom. The first kappa shape index (κ1) is 15.4. The van der Waals surface area contributed by atoms with Gasteiger partial charge in [0.05, 0.1) is 11.9 Å². The van der Waals surface area contributed by atoms with Crippen molar-refractivity contribution in [2.75, 3.05) is 11.9 Å². The van der Waals surface area contributed by atoms with Crippen LogP contribution >= 0.6 is 0 Å². The lowest BCUT2D eigenvalue weighted by molar-refractivity contribution is -0.119. The van der Waals surface area contributed by atoms with Crippen LogP contribution < -0.4 is 9.64 Å². The molecule has 1 aromatic heterocycles. The summed E-state index contributed by atoms with van der Waals surface area (Å²) in [6.07, 6.45) is 1.78. The van der Waals surface area contributed by atoms with Crippen LogP contribution in [-0.4, -0.2) is 22.7 Å². The largest absolute Gasteiger partial charge is 0.488 e. The van der Waals surface area contributed by atoms with Crippen molar-refractivity contribution in [2.45, 2.75) is 20.1 Å². The van der Waals surface area contributed by atoms with Crippen molar-refractivity contribution in [2.24, 2.45) is 0 Å². The third-order valence-corrected chi connectivity index (χ3v) is 4.58. The average molecular weight is 333 g/mol. The van der Waals surface area contributed by atoms with Gasteiger partial charge in [-0.2, -0.15) is 5.10 Å². The van der Waals surface area contributed by atoms with Crippen LogP contribution in [0.4, 0.5) is 5.69 Å². The Morgan fingerprint density at radius 2 is 1.96 bits per heavy atom. The Balaban J connectivity index is 1.64. The topological polar surface area (TPSA) is 47.4 Å².